The summed E-state index contributed by atoms with van der Waals surface area (Å²) in [5.41, 5.74) is 1.25. The van der Waals surface area contributed by atoms with Crippen LogP contribution >= 0.6 is 11.6 Å². The topological polar surface area (TPSA) is 67.3 Å². The molecule has 0 aliphatic rings. The van der Waals surface area contributed by atoms with E-state index in [0.717, 1.165) is 0 Å². The van der Waals surface area contributed by atoms with E-state index in [-0.39, 0.29) is 0 Å². The molecule has 0 aliphatic carbocycles. The van der Waals surface area contributed by atoms with Crippen molar-refractivity contribution in [1.29, 1.82) is 0 Å². The van der Waals surface area contributed by atoms with Gasteiger partial charge in [0, 0.05) is 0 Å². The molecule has 0 atom stereocenters. The number of aromatic amines is 1. The van der Waals surface area contributed by atoms with Crippen LogP contribution < -0.4 is 0 Å². The summed E-state index contributed by atoms with van der Waals surface area (Å²) >= 11 is 5.61. The first-order valence-corrected chi connectivity index (χ1v) is 2.93. The summed E-state index contributed by atoms with van der Waals surface area (Å²) in [6.45, 7) is 0. The first-order chi connectivity index (χ1) is 4.88. The van der Waals surface area contributed by atoms with Gasteiger partial charge in [0.2, 0.25) is 0 Å². The minimum atomic E-state index is 0.294. The molecule has 0 saturated heterocycles. The lowest BCUT2D eigenvalue weighted by atomic mass is 10.5. The zero-order valence-corrected chi connectivity index (χ0v) is 5.50. The van der Waals surface area contributed by atoms with Gasteiger partial charge in [-0.05, 0) is 5.21 Å². The molecule has 2 aromatic rings. The summed E-state index contributed by atoms with van der Waals surface area (Å²) in [6, 6.07) is 0. The van der Waals surface area contributed by atoms with Crippen molar-refractivity contribution < 1.29 is 0 Å². The molecule has 0 saturated carbocycles. The fraction of sp³-hybridized carbons (Fsp3) is 0. The molecule has 0 unspecified atom stereocenters. The Morgan fingerprint density at radius 1 is 1.40 bits per heavy atom. The molecule has 5 nitrogen and oxygen atoms in total. The molecule has 6 heteroatoms. The average Bonchev–Trinajstić information content (AvgIpc) is 2.36. The highest BCUT2D eigenvalue weighted by Gasteiger charge is 2.01. The van der Waals surface area contributed by atoms with Crippen LogP contribution in [0.1, 0.15) is 0 Å². The van der Waals surface area contributed by atoms with Gasteiger partial charge in [0.05, 0.1) is 6.20 Å². The van der Waals surface area contributed by atoms with Crippen LogP contribution in [0.15, 0.2) is 6.20 Å². The number of hydrogen-bond donors (Lipinski definition) is 1. The van der Waals surface area contributed by atoms with Gasteiger partial charge < -0.3 is 0 Å². The van der Waals surface area contributed by atoms with Crippen molar-refractivity contribution in [2.75, 3.05) is 0 Å². The van der Waals surface area contributed by atoms with E-state index >= 15 is 0 Å². The maximum atomic E-state index is 5.61. The summed E-state index contributed by atoms with van der Waals surface area (Å²) in [7, 11) is 0. The third-order valence-corrected chi connectivity index (χ3v) is 1.38. The van der Waals surface area contributed by atoms with Gasteiger partial charge in [0.15, 0.2) is 5.15 Å². The highest BCUT2D eigenvalue weighted by molar-refractivity contribution is 6.33. The number of fused-ring (bicyclic) bond motifs is 1. The van der Waals surface area contributed by atoms with E-state index in [0.29, 0.717) is 16.2 Å². The van der Waals surface area contributed by atoms with Gasteiger partial charge in [0.25, 0.3) is 0 Å². The van der Waals surface area contributed by atoms with E-state index in [2.05, 4.69) is 25.6 Å². The predicted octanol–water partition coefficient (Wildman–Crippen LogP) is 0.401. The monoisotopic (exact) mass is 155 g/mol. The van der Waals surface area contributed by atoms with E-state index in [9.17, 15) is 0 Å². The van der Waals surface area contributed by atoms with E-state index in [1.54, 1.807) is 0 Å². The normalized spacial score (nSPS) is 10.5. The van der Waals surface area contributed by atoms with Gasteiger partial charge in [-0.2, -0.15) is 5.10 Å². The maximum Gasteiger partial charge on any atom is 0.180 e. The summed E-state index contributed by atoms with van der Waals surface area (Å²) in [5, 5.41) is 17.2. The molecule has 10 heavy (non-hydrogen) atoms. The largest absolute Gasteiger partial charge is 0.273 e. The van der Waals surface area contributed by atoms with Crippen LogP contribution in [0.25, 0.3) is 11.0 Å². The summed E-state index contributed by atoms with van der Waals surface area (Å²) in [6.07, 6.45) is 1.54. The lowest BCUT2D eigenvalue weighted by molar-refractivity contribution is 0.895. The van der Waals surface area contributed by atoms with E-state index < -0.39 is 0 Å². The van der Waals surface area contributed by atoms with Gasteiger partial charge in [0.1, 0.15) is 11.0 Å². The van der Waals surface area contributed by atoms with Crippen molar-refractivity contribution in [2.45, 2.75) is 0 Å². The van der Waals surface area contributed by atoms with E-state index in [4.69, 9.17) is 11.6 Å². The summed E-state index contributed by atoms with van der Waals surface area (Å²) < 4.78 is 0. The fourth-order valence-electron chi connectivity index (χ4n) is 0.667. The number of nitrogens with one attached hydrogen (secondary N) is 1. The number of hydrogen-bond acceptors (Lipinski definition) is 4. The zero-order chi connectivity index (χ0) is 6.97. The van der Waals surface area contributed by atoms with E-state index in [1.807, 2.05) is 0 Å². The molecule has 0 amide bonds. The molecule has 1 N–H and O–H groups in total. The summed E-state index contributed by atoms with van der Waals surface area (Å²) in [4.78, 5) is 0. The Kier molecular flexibility index (Phi) is 1.04. The van der Waals surface area contributed by atoms with Crippen LogP contribution in [-0.2, 0) is 0 Å². The minimum absolute atomic E-state index is 0.294. The summed E-state index contributed by atoms with van der Waals surface area (Å²) in [5.74, 6) is 0. The highest BCUT2D eigenvalue weighted by Crippen LogP contribution is 2.12. The molecule has 2 heterocycles. The van der Waals surface area contributed by atoms with Gasteiger partial charge >= 0.3 is 0 Å². The second-order valence-corrected chi connectivity index (χ2v) is 2.07. The smallest absolute Gasteiger partial charge is 0.180 e. The Balaban J connectivity index is 2.95. The van der Waals surface area contributed by atoms with Crippen LogP contribution in [0.3, 0.4) is 0 Å². The van der Waals surface area contributed by atoms with Crippen molar-refractivity contribution in [1.82, 2.24) is 25.6 Å². The minimum Gasteiger partial charge on any atom is -0.273 e. The van der Waals surface area contributed by atoms with Crippen LogP contribution in [0.2, 0.25) is 5.15 Å². The Bertz CT molecular complexity index is 355. The fourth-order valence-corrected chi connectivity index (χ4v) is 0.840. The molecule has 0 spiro atoms. The highest BCUT2D eigenvalue weighted by atomic mass is 35.5. The van der Waals surface area contributed by atoms with Gasteiger partial charge in [-0.3, -0.25) is 5.10 Å². The Labute approximate surface area is 60.4 Å². The Morgan fingerprint density at radius 3 is 3.10 bits per heavy atom. The first-order valence-electron chi connectivity index (χ1n) is 2.56. The van der Waals surface area contributed by atoms with Crippen LogP contribution in [0.5, 0.6) is 0 Å². The molecule has 0 radical (unpaired) electrons. The Hall–Kier alpha value is -1.23. The van der Waals surface area contributed by atoms with Gasteiger partial charge in [-0.15, -0.1) is 10.2 Å². The van der Waals surface area contributed by atoms with Crippen molar-refractivity contribution in [3.63, 3.8) is 0 Å². The van der Waals surface area contributed by atoms with Crippen molar-refractivity contribution in [3.8, 4) is 0 Å². The second-order valence-electron chi connectivity index (χ2n) is 1.71. The number of rotatable bonds is 0. The maximum absolute atomic E-state index is 5.61. The average molecular weight is 156 g/mol. The lowest BCUT2D eigenvalue weighted by Crippen LogP contribution is -1.86. The lowest BCUT2D eigenvalue weighted by Gasteiger charge is -1.85. The number of aromatic nitrogens is 5. The third-order valence-electron chi connectivity index (χ3n) is 1.11. The molecule has 50 valence electrons. The molecular formula is C4H2ClN5. The molecule has 0 aliphatic heterocycles. The SMILES string of the molecule is Clc1nnnc2cn[nH]c12. The molecule has 0 bridgehead atoms. The standard InChI is InChI=1S/C4H2ClN5/c5-4-3-2(1-6-8-3)7-10-9-4/h1H,(H,6,8). The van der Waals surface area contributed by atoms with Gasteiger partial charge in [-0.25, -0.2) is 0 Å². The first kappa shape index (κ1) is 5.55. The van der Waals surface area contributed by atoms with Crippen molar-refractivity contribution in [2.24, 2.45) is 0 Å². The molecular weight excluding hydrogens is 154 g/mol. The van der Waals surface area contributed by atoms with Crippen LogP contribution in [-0.4, -0.2) is 25.6 Å². The quantitative estimate of drug-likeness (QED) is 0.598. The van der Waals surface area contributed by atoms with Crippen molar-refractivity contribution >= 4 is 22.6 Å². The predicted molar refractivity (Wildman–Crippen MR) is 34.5 cm³/mol. The Morgan fingerprint density at radius 2 is 2.30 bits per heavy atom. The number of nitrogens with zero attached hydrogens (tertiary/aromatic N) is 4. The number of H-pyrrole nitrogens is 1. The molecule has 0 fully saturated rings. The van der Waals surface area contributed by atoms with Crippen LogP contribution in [0.4, 0.5) is 0 Å². The molecule has 2 rings (SSSR count). The second kappa shape index (κ2) is 1.88. The molecule has 0 aromatic carbocycles. The molecule has 2 aromatic heterocycles. The third kappa shape index (κ3) is 0.640. The van der Waals surface area contributed by atoms with Crippen molar-refractivity contribution in [3.05, 3.63) is 11.3 Å². The number of halogens is 1. The van der Waals surface area contributed by atoms with Gasteiger partial charge in [-0.1, -0.05) is 11.6 Å². The van der Waals surface area contributed by atoms with Crippen LogP contribution in [0, 0.1) is 0 Å². The van der Waals surface area contributed by atoms with E-state index in [1.165, 1.54) is 6.20 Å². The zero-order valence-electron chi connectivity index (χ0n) is 4.74.